The van der Waals surface area contributed by atoms with Gasteiger partial charge in [-0.2, -0.15) is 0 Å². The maximum atomic E-state index is 14.9. The third kappa shape index (κ3) is 5.12. The largest absolute Gasteiger partial charge is 0.366 e. The molecule has 7 heteroatoms. The number of primary amides is 1. The Balaban J connectivity index is 2.13. The quantitative estimate of drug-likeness (QED) is 0.740. The van der Waals surface area contributed by atoms with E-state index in [2.05, 4.69) is 4.72 Å². The minimum absolute atomic E-state index is 0.0245. The maximum absolute atomic E-state index is 14.9. The number of carbonyl (C=O) groups is 1. The van der Waals surface area contributed by atoms with Crippen LogP contribution in [0.2, 0.25) is 0 Å². The van der Waals surface area contributed by atoms with Crippen LogP contribution in [0, 0.1) is 0 Å². The van der Waals surface area contributed by atoms with E-state index in [9.17, 15) is 17.6 Å². The number of hydrogen-bond acceptors (Lipinski definition) is 3. The highest BCUT2D eigenvalue weighted by Gasteiger charge is 2.27. The van der Waals surface area contributed by atoms with Crippen LogP contribution in [0.25, 0.3) is 11.1 Å². The summed E-state index contributed by atoms with van der Waals surface area (Å²) in [7, 11) is -3.46. The first kappa shape index (κ1) is 20.1. The Hall–Kier alpha value is -2.25. The lowest BCUT2D eigenvalue weighted by molar-refractivity contribution is 0.100. The van der Waals surface area contributed by atoms with E-state index < -0.39 is 21.6 Å². The third-order valence-corrected chi connectivity index (χ3v) is 5.62. The molecule has 0 radical (unpaired) electrons. The van der Waals surface area contributed by atoms with E-state index in [0.29, 0.717) is 17.5 Å². The van der Waals surface area contributed by atoms with Crippen LogP contribution in [0.4, 0.5) is 4.39 Å². The summed E-state index contributed by atoms with van der Waals surface area (Å²) in [4.78, 5) is 11.1. The van der Waals surface area contributed by atoms with Gasteiger partial charge in [0.1, 0.15) is 5.67 Å². The summed E-state index contributed by atoms with van der Waals surface area (Å²) in [6.45, 7) is 2.78. The number of carbonyl (C=O) groups excluding carboxylic acids is 1. The zero-order valence-corrected chi connectivity index (χ0v) is 15.6. The molecule has 0 aliphatic carbocycles. The second kappa shape index (κ2) is 7.97. The van der Waals surface area contributed by atoms with E-state index in [1.165, 1.54) is 6.92 Å². The first-order valence-corrected chi connectivity index (χ1v) is 9.97. The molecule has 1 amide bonds. The Morgan fingerprint density at radius 3 is 2.04 bits per heavy atom. The Morgan fingerprint density at radius 2 is 1.58 bits per heavy atom. The highest BCUT2D eigenvalue weighted by Crippen LogP contribution is 2.28. The first-order chi connectivity index (χ1) is 12.1. The summed E-state index contributed by atoms with van der Waals surface area (Å²) in [5.41, 5.74) is 5.92. The molecular formula is C19H23FN2O3S. The molecule has 140 valence electrons. The number of rotatable bonds is 8. The van der Waals surface area contributed by atoms with E-state index in [1.807, 2.05) is 0 Å². The minimum Gasteiger partial charge on any atom is -0.366 e. The smallest absolute Gasteiger partial charge is 0.248 e. The van der Waals surface area contributed by atoms with Gasteiger partial charge in [0, 0.05) is 12.1 Å². The van der Waals surface area contributed by atoms with Crippen molar-refractivity contribution in [3.8, 4) is 11.1 Å². The average Bonchev–Trinajstić information content (AvgIpc) is 2.60. The van der Waals surface area contributed by atoms with Gasteiger partial charge in [0.2, 0.25) is 15.9 Å². The van der Waals surface area contributed by atoms with Crippen LogP contribution < -0.4 is 10.5 Å². The molecule has 0 spiro atoms. The second-order valence-corrected chi connectivity index (χ2v) is 8.28. The number of halogens is 1. The second-order valence-electron chi connectivity index (χ2n) is 6.36. The highest BCUT2D eigenvalue weighted by molar-refractivity contribution is 7.89. The van der Waals surface area contributed by atoms with Crippen molar-refractivity contribution in [1.29, 1.82) is 0 Å². The fraction of sp³-hybridized carbons (Fsp3) is 0.316. The van der Waals surface area contributed by atoms with Crippen LogP contribution in [0.15, 0.2) is 48.5 Å². The minimum atomic E-state index is -3.46. The van der Waals surface area contributed by atoms with Gasteiger partial charge in [-0.05, 0) is 42.2 Å². The van der Waals surface area contributed by atoms with E-state index >= 15 is 0 Å². The van der Waals surface area contributed by atoms with Gasteiger partial charge >= 0.3 is 0 Å². The van der Waals surface area contributed by atoms with Gasteiger partial charge in [0.15, 0.2) is 0 Å². The fourth-order valence-corrected chi connectivity index (χ4v) is 3.70. The molecular weight excluding hydrogens is 355 g/mol. The predicted octanol–water partition coefficient (Wildman–Crippen LogP) is 2.97. The molecule has 0 aromatic heterocycles. The number of sulfonamides is 1. The Kier molecular flexibility index (Phi) is 6.15. The molecule has 0 aliphatic rings. The van der Waals surface area contributed by atoms with Crippen LogP contribution in [0.5, 0.6) is 0 Å². The fourth-order valence-electron chi connectivity index (χ4n) is 2.53. The highest BCUT2D eigenvalue weighted by atomic mass is 32.2. The number of benzene rings is 2. The molecule has 26 heavy (non-hydrogen) atoms. The lowest BCUT2D eigenvalue weighted by Crippen LogP contribution is -2.36. The zero-order chi connectivity index (χ0) is 19.4. The number of nitrogens with two attached hydrogens (primary N) is 1. The van der Waals surface area contributed by atoms with Gasteiger partial charge in [-0.15, -0.1) is 0 Å². The molecule has 0 heterocycles. The molecule has 0 aliphatic heterocycles. The summed E-state index contributed by atoms with van der Waals surface area (Å²) < 4.78 is 40.6. The van der Waals surface area contributed by atoms with Gasteiger partial charge in [-0.25, -0.2) is 17.5 Å². The molecule has 0 bridgehead atoms. The summed E-state index contributed by atoms with van der Waals surface area (Å²) in [5.74, 6) is -0.519. The molecule has 2 rings (SSSR count). The predicted molar refractivity (Wildman–Crippen MR) is 101 cm³/mol. The molecule has 2 aromatic rings. The Bertz CT molecular complexity index is 861. The topological polar surface area (TPSA) is 89.3 Å². The lowest BCUT2D eigenvalue weighted by atomic mass is 9.95. The first-order valence-electron chi connectivity index (χ1n) is 8.31. The van der Waals surface area contributed by atoms with Gasteiger partial charge in [-0.3, -0.25) is 4.79 Å². The number of hydrogen-bond donors (Lipinski definition) is 2. The van der Waals surface area contributed by atoms with Gasteiger partial charge < -0.3 is 5.73 Å². The van der Waals surface area contributed by atoms with E-state index in [4.69, 9.17) is 5.73 Å². The number of amides is 1. The van der Waals surface area contributed by atoms with Gasteiger partial charge in [-0.1, -0.05) is 43.3 Å². The van der Waals surface area contributed by atoms with Crippen molar-refractivity contribution >= 4 is 15.9 Å². The number of nitrogens with one attached hydrogen (secondary N) is 1. The van der Waals surface area contributed by atoms with Crippen molar-refractivity contribution in [1.82, 2.24) is 4.72 Å². The van der Waals surface area contributed by atoms with Crippen LogP contribution in [-0.2, 0) is 15.7 Å². The molecule has 0 saturated carbocycles. The van der Waals surface area contributed by atoms with Crippen molar-refractivity contribution < 1.29 is 17.6 Å². The van der Waals surface area contributed by atoms with Crippen LogP contribution >= 0.6 is 0 Å². The van der Waals surface area contributed by atoms with Gasteiger partial charge in [0.25, 0.3) is 0 Å². The average molecular weight is 378 g/mol. The van der Waals surface area contributed by atoms with Crippen molar-refractivity contribution in [3.63, 3.8) is 0 Å². The summed E-state index contributed by atoms with van der Waals surface area (Å²) in [5, 5.41) is 0. The summed E-state index contributed by atoms with van der Waals surface area (Å²) >= 11 is 0. The number of alkyl halides is 1. The Labute approximate surface area is 153 Å². The molecule has 3 N–H and O–H groups in total. The van der Waals surface area contributed by atoms with E-state index in [-0.39, 0.29) is 12.3 Å². The zero-order valence-electron chi connectivity index (χ0n) is 14.8. The SMILES string of the molecule is CCCS(=O)(=O)NCC(C)(F)c1ccc(-c2ccc(C(N)=O)cc2)cc1. The molecule has 1 unspecified atom stereocenters. The molecule has 5 nitrogen and oxygen atoms in total. The van der Waals surface area contributed by atoms with Crippen LogP contribution in [0.3, 0.4) is 0 Å². The lowest BCUT2D eigenvalue weighted by Gasteiger charge is -2.21. The maximum Gasteiger partial charge on any atom is 0.248 e. The molecule has 0 saturated heterocycles. The summed E-state index contributed by atoms with van der Waals surface area (Å²) in [6, 6.07) is 13.6. The molecule has 0 fully saturated rings. The standard InChI is InChI=1S/C19H23FN2O3S/c1-3-12-26(24,25)22-13-19(2,20)17-10-8-15(9-11-17)14-4-6-16(7-5-14)18(21)23/h4-11,22H,3,12-13H2,1-2H3,(H2,21,23). The van der Waals surface area contributed by atoms with Crippen LogP contribution in [-0.4, -0.2) is 26.6 Å². The molecule has 2 aromatic carbocycles. The van der Waals surface area contributed by atoms with E-state index in [0.717, 1.165) is 11.1 Å². The monoisotopic (exact) mass is 378 g/mol. The van der Waals surface area contributed by atoms with Crippen molar-refractivity contribution in [3.05, 3.63) is 59.7 Å². The van der Waals surface area contributed by atoms with Crippen molar-refractivity contribution in [2.24, 2.45) is 5.73 Å². The Morgan fingerprint density at radius 1 is 1.08 bits per heavy atom. The van der Waals surface area contributed by atoms with Crippen molar-refractivity contribution in [2.45, 2.75) is 25.9 Å². The molecule has 1 atom stereocenters. The normalized spacial score (nSPS) is 14.0. The van der Waals surface area contributed by atoms with Crippen LogP contribution in [0.1, 0.15) is 36.2 Å². The summed E-state index contributed by atoms with van der Waals surface area (Å²) in [6.07, 6.45) is 0.474. The third-order valence-electron chi connectivity index (χ3n) is 4.09. The van der Waals surface area contributed by atoms with Gasteiger partial charge in [0.05, 0.1) is 5.75 Å². The van der Waals surface area contributed by atoms with Crippen molar-refractivity contribution in [2.75, 3.05) is 12.3 Å². The van der Waals surface area contributed by atoms with E-state index in [1.54, 1.807) is 55.5 Å².